The van der Waals surface area contributed by atoms with Crippen molar-refractivity contribution in [1.82, 2.24) is 4.98 Å². The molecule has 1 unspecified atom stereocenters. The first-order valence-corrected chi connectivity index (χ1v) is 6.53. The molecule has 2 rings (SSSR count). The van der Waals surface area contributed by atoms with Gasteiger partial charge in [0.15, 0.2) is 0 Å². The van der Waals surface area contributed by atoms with Crippen molar-refractivity contribution in [3.63, 3.8) is 0 Å². The van der Waals surface area contributed by atoms with E-state index in [1.165, 1.54) is 0 Å². The molecule has 1 amide bonds. The van der Waals surface area contributed by atoms with Crippen LogP contribution in [0.15, 0.2) is 16.1 Å². The Balaban J connectivity index is 2.61. The van der Waals surface area contributed by atoms with Crippen molar-refractivity contribution < 1.29 is 4.79 Å². The SMILES string of the molecule is CCC1C(=O)N=Cc2c(C)cc(SC)nc21. The van der Waals surface area contributed by atoms with Crippen LogP contribution < -0.4 is 0 Å². The summed E-state index contributed by atoms with van der Waals surface area (Å²) in [5, 5.41) is 0.970. The van der Waals surface area contributed by atoms with Crippen LogP contribution in [0.1, 0.15) is 36.1 Å². The smallest absolute Gasteiger partial charge is 0.254 e. The van der Waals surface area contributed by atoms with Gasteiger partial charge in [-0.3, -0.25) is 4.79 Å². The molecule has 0 spiro atoms. The summed E-state index contributed by atoms with van der Waals surface area (Å²) in [5.74, 6) is -0.231. The van der Waals surface area contributed by atoms with Crippen molar-refractivity contribution in [2.45, 2.75) is 31.2 Å². The summed E-state index contributed by atoms with van der Waals surface area (Å²) in [7, 11) is 0. The number of rotatable bonds is 2. The molecule has 1 aromatic rings. The van der Waals surface area contributed by atoms with Crippen molar-refractivity contribution in [1.29, 1.82) is 0 Å². The van der Waals surface area contributed by atoms with Gasteiger partial charge >= 0.3 is 0 Å². The summed E-state index contributed by atoms with van der Waals surface area (Å²) in [6.45, 7) is 4.03. The minimum atomic E-state index is -0.161. The molecule has 0 radical (unpaired) electrons. The zero-order valence-electron chi connectivity index (χ0n) is 9.65. The topological polar surface area (TPSA) is 42.3 Å². The van der Waals surface area contributed by atoms with Gasteiger partial charge in [0.25, 0.3) is 5.91 Å². The van der Waals surface area contributed by atoms with Gasteiger partial charge in [0.05, 0.1) is 16.6 Å². The lowest BCUT2D eigenvalue weighted by Crippen LogP contribution is -2.19. The fourth-order valence-corrected chi connectivity index (χ4v) is 2.40. The highest BCUT2D eigenvalue weighted by molar-refractivity contribution is 7.98. The predicted octanol–water partition coefficient (Wildman–Crippen LogP) is 2.56. The van der Waals surface area contributed by atoms with Gasteiger partial charge in [-0.2, -0.15) is 0 Å². The lowest BCUT2D eigenvalue weighted by molar-refractivity contribution is -0.119. The van der Waals surface area contributed by atoms with E-state index < -0.39 is 0 Å². The molecule has 0 aromatic carbocycles. The Morgan fingerprint density at radius 1 is 1.50 bits per heavy atom. The highest BCUT2D eigenvalue weighted by Crippen LogP contribution is 2.29. The molecule has 0 N–H and O–H groups in total. The molecule has 0 aliphatic carbocycles. The van der Waals surface area contributed by atoms with Gasteiger partial charge in [-0.1, -0.05) is 6.92 Å². The van der Waals surface area contributed by atoms with Crippen molar-refractivity contribution in [3.05, 3.63) is 22.9 Å². The summed E-state index contributed by atoms with van der Waals surface area (Å²) in [6.07, 6.45) is 4.40. The second-order valence-electron chi connectivity index (χ2n) is 3.84. The van der Waals surface area contributed by atoms with Crippen LogP contribution >= 0.6 is 11.8 Å². The zero-order valence-corrected chi connectivity index (χ0v) is 10.5. The molecule has 1 aliphatic heterocycles. The second-order valence-corrected chi connectivity index (χ2v) is 4.66. The Morgan fingerprint density at radius 3 is 2.88 bits per heavy atom. The predicted molar refractivity (Wildman–Crippen MR) is 66.4 cm³/mol. The maximum atomic E-state index is 11.7. The van der Waals surface area contributed by atoms with Crippen LogP contribution in [0.4, 0.5) is 0 Å². The number of pyridine rings is 1. The van der Waals surface area contributed by atoms with Gasteiger partial charge in [0.2, 0.25) is 0 Å². The highest BCUT2D eigenvalue weighted by atomic mass is 32.2. The van der Waals surface area contributed by atoms with Crippen LogP contribution in [0.3, 0.4) is 0 Å². The number of fused-ring (bicyclic) bond motifs is 1. The fraction of sp³-hybridized carbons (Fsp3) is 0.417. The van der Waals surface area contributed by atoms with E-state index in [0.29, 0.717) is 0 Å². The van der Waals surface area contributed by atoms with Gasteiger partial charge in [0, 0.05) is 11.8 Å². The van der Waals surface area contributed by atoms with Crippen molar-refractivity contribution in [2.75, 3.05) is 6.26 Å². The molecule has 1 atom stereocenters. The normalized spacial score (nSPS) is 18.7. The summed E-state index contributed by atoms with van der Waals surface area (Å²) in [4.78, 5) is 20.1. The first-order valence-electron chi connectivity index (χ1n) is 5.30. The van der Waals surface area contributed by atoms with Crippen LogP contribution in [0, 0.1) is 6.92 Å². The molecule has 0 fully saturated rings. The van der Waals surface area contributed by atoms with E-state index in [-0.39, 0.29) is 11.8 Å². The third kappa shape index (κ3) is 1.78. The number of hydrogen-bond acceptors (Lipinski definition) is 3. The largest absolute Gasteiger partial charge is 0.272 e. The highest BCUT2D eigenvalue weighted by Gasteiger charge is 2.26. The zero-order chi connectivity index (χ0) is 11.7. The summed E-state index contributed by atoms with van der Waals surface area (Å²) in [6, 6.07) is 2.04. The van der Waals surface area contributed by atoms with E-state index in [1.54, 1.807) is 18.0 Å². The third-order valence-electron chi connectivity index (χ3n) is 2.84. The van der Waals surface area contributed by atoms with Crippen LogP contribution in [-0.4, -0.2) is 23.4 Å². The minimum absolute atomic E-state index is 0.0693. The molecule has 1 aliphatic rings. The molecule has 16 heavy (non-hydrogen) atoms. The van der Waals surface area contributed by atoms with E-state index in [2.05, 4.69) is 9.98 Å². The Morgan fingerprint density at radius 2 is 2.25 bits per heavy atom. The molecule has 2 heterocycles. The molecule has 1 aromatic heterocycles. The second kappa shape index (κ2) is 4.37. The number of thioether (sulfide) groups is 1. The number of hydrogen-bond donors (Lipinski definition) is 0. The van der Waals surface area contributed by atoms with E-state index in [0.717, 1.165) is 28.3 Å². The molecular formula is C12H14N2OS. The Bertz CT molecular complexity index is 468. The van der Waals surface area contributed by atoms with Gasteiger partial charge in [-0.15, -0.1) is 11.8 Å². The summed E-state index contributed by atoms with van der Waals surface area (Å²) < 4.78 is 0. The molecule has 3 nitrogen and oxygen atoms in total. The maximum Gasteiger partial charge on any atom is 0.254 e. The summed E-state index contributed by atoms with van der Waals surface area (Å²) in [5.41, 5.74) is 3.06. The molecule has 84 valence electrons. The van der Waals surface area contributed by atoms with E-state index >= 15 is 0 Å². The number of carbonyl (C=O) groups excluding carboxylic acids is 1. The lowest BCUT2D eigenvalue weighted by atomic mass is 9.93. The van der Waals surface area contributed by atoms with E-state index in [1.807, 2.05) is 26.2 Å². The number of carbonyl (C=O) groups is 1. The first kappa shape index (κ1) is 11.3. The number of nitrogens with zero attached hydrogens (tertiary/aromatic N) is 2. The third-order valence-corrected chi connectivity index (χ3v) is 3.47. The fourth-order valence-electron chi connectivity index (χ4n) is 1.92. The molecule has 4 heteroatoms. The van der Waals surface area contributed by atoms with Gasteiger partial charge in [0.1, 0.15) is 0 Å². The Kier molecular flexibility index (Phi) is 3.10. The van der Waals surface area contributed by atoms with E-state index in [9.17, 15) is 4.79 Å². The molecule has 0 saturated heterocycles. The minimum Gasteiger partial charge on any atom is -0.272 e. The average molecular weight is 234 g/mol. The van der Waals surface area contributed by atoms with E-state index in [4.69, 9.17) is 0 Å². The van der Waals surface area contributed by atoms with Crippen molar-refractivity contribution >= 4 is 23.9 Å². The maximum absolute atomic E-state index is 11.7. The Labute approximate surface area is 99.4 Å². The molecular weight excluding hydrogens is 220 g/mol. The number of aromatic nitrogens is 1. The monoisotopic (exact) mass is 234 g/mol. The van der Waals surface area contributed by atoms with Gasteiger partial charge < -0.3 is 0 Å². The molecule has 0 saturated carbocycles. The average Bonchev–Trinajstić information content (AvgIpc) is 2.28. The number of aryl methyl sites for hydroxylation is 1. The lowest BCUT2D eigenvalue weighted by Gasteiger charge is -2.19. The summed E-state index contributed by atoms with van der Waals surface area (Å²) >= 11 is 1.60. The van der Waals surface area contributed by atoms with Gasteiger partial charge in [-0.25, -0.2) is 9.98 Å². The van der Waals surface area contributed by atoms with Gasteiger partial charge in [-0.05, 0) is 31.2 Å². The number of amides is 1. The molecule has 0 bridgehead atoms. The standard InChI is InChI=1S/C12H14N2OS/c1-4-8-11-9(6-13-12(8)15)7(2)5-10(14-11)16-3/h5-6,8H,4H2,1-3H3. The van der Waals surface area contributed by atoms with Crippen molar-refractivity contribution in [3.8, 4) is 0 Å². The van der Waals surface area contributed by atoms with Crippen LogP contribution in [-0.2, 0) is 4.79 Å². The Hall–Kier alpha value is -1.16. The van der Waals surface area contributed by atoms with Crippen LogP contribution in [0.2, 0.25) is 0 Å². The quantitative estimate of drug-likeness (QED) is 0.739. The number of aliphatic imine (C=N–C) groups is 1. The first-order chi connectivity index (χ1) is 7.67. The van der Waals surface area contributed by atoms with Crippen LogP contribution in [0.25, 0.3) is 0 Å². The van der Waals surface area contributed by atoms with Crippen molar-refractivity contribution in [2.24, 2.45) is 4.99 Å². The van der Waals surface area contributed by atoms with Crippen LogP contribution in [0.5, 0.6) is 0 Å².